The van der Waals surface area contributed by atoms with Gasteiger partial charge in [0.2, 0.25) is 0 Å². The third-order valence-electron chi connectivity index (χ3n) is 7.86. The summed E-state index contributed by atoms with van der Waals surface area (Å²) in [4.78, 5) is 27.2. The predicted molar refractivity (Wildman–Crippen MR) is 132 cm³/mol. The first-order chi connectivity index (χ1) is 16.0. The number of rotatable bonds is 5. The van der Waals surface area contributed by atoms with Crippen molar-refractivity contribution in [2.45, 2.75) is 45.1 Å². The van der Waals surface area contributed by atoms with E-state index < -0.39 is 0 Å². The zero-order valence-corrected chi connectivity index (χ0v) is 20.1. The molecule has 0 bridgehead atoms. The molecule has 3 heterocycles. The second-order valence-corrected chi connectivity index (χ2v) is 9.98. The van der Waals surface area contributed by atoms with Crippen LogP contribution in [0.25, 0.3) is 22.0 Å². The number of hydrogen-bond donors (Lipinski definition) is 0. The van der Waals surface area contributed by atoms with Gasteiger partial charge in [0.15, 0.2) is 0 Å². The van der Waals surface area contributed by atoms with Crippen molar-refractivity contribution in [2.75, 3.05) is 33.2 Å². The van der Waals surface area contributed by atoms with Gasteiger partial charge in [-0.3, -0.25) is 14.7 Å². The maximum atomic E-state index is 13.1. The lowest BCUT2D eigenvalue weighted by molar-refractivity contribution is -0.123. The van der Waals surface area contributed by atoms with Crippen molar-refractivity contribution in [1.82, 2.24) is 24.3 Å². The summed E-state index contributed by atoms with van der Waals surface area (Å²) in [6.07, 6.45) is 8.61. The van der Waals surface area contributed by atoms with E-state index in [4.69, 9.17) is 0 Å². The number of carbonyl (C=O) groups is 1. The molecule has 0 atom stereocenters. The number of imidazole rings is 1. The third kappa shape index (κ3) is 4.73. The zero-order valence-electron chi connectivity index (χ0n) is 20.1. The quantitative estimate of drug-likeness (QED) is 0.597. The van der Waals surface area contributed by atoms with Crippen LogP contribution in [0.4, 0.5) is 0 Å². The molecule has 33 heavy (non-hydrogen) atoms. The number of aryl methyl sites for hydroxylation is 1. The Morgan fingerprint density at radius 3 is 2.39 bits per heavy atom. The third-order valence-corrected chi connectivity index (χ3v) is 7.86. The Balaban J connectivity index is 1.23. The monoisotopic (exact) mass is 445 g/mol. The van der Waals surface area contributed by atoms with Crippen LogP contribution in [0.5, 0.6) is 0 Å². The first-order valence-corrected chi connectivity index (χ1v) is 12.3. The highest BCUT2D eigenvalue weighted by atomic mass is 16.1. The van der Waals surface area contributed by atoms with Crippen molar-refractivity contribution < 1.29 is 4.79 Å². The van der Waals surface area contributed by atoms with Crippen molar-refractivity contribution in [1.29, 1.82) is 0 Å². The first kappa shape index (κ1) is 22.2. The van der Waals surface area contributed by atoms with Gasteiger partial charge in [0.05, 0.1) is 11.9 Å². The molecule has 2 fully saturated rings. The number of Topliss-reactive ketones (excluding diaryl/α,β-unsaturated/α-hetero) is 1. The summed E-state index contributed by atoms with van der Waals surface area (Å²) in [5, 5.41) is 2.23. The largest absolute Gasteiger partial charge is 0.331 e. The molecular weight excluding hydrogens is 410 g/mol. The van der Waals surface area contributed by atoms with E-state index in [0.29, 0.717) is 18.2 Å². The average molecular weight is 446 g/mol. The molecule has 0 amide bonds. The molecule has 1 aromatic carbocycles. The summed E-state index contributed by atoms with van der Waals surface area (Å²) >= 11 is 0. The SMILES string of the molecule is Cc1ncc(-c2ccc3cnc(CC(=O)C4CCC(N5CCN(C)CC5)CC4)cc3c2)n1C. The number of pyridine rings is 1. The summed E-state index contributed by atoms with van der Waals surface area (Å²) in [6, 6.07) is 9.16. The molecule has 6 heteroatoms. The van der Waals surface area contributed by atoms with Crippen LogP contribution in [-0.4, -0.2) is 69.4 Å². The summed E-state index contributed by atoms with van der Waals surface area (Å²) < 4.78 is 2.10. The normalized spacial score (nSPS) is 22.6. The molecule has 2 aliphatic rings. The van der Waals surface area contributed by atoms with E-state index >= 15 is 0 Å². The number of likely N-dealkylation sites (N-methyl/N-ethyl adjacent to an activating group) is 1. The topological polar surface area (TPSA) is 54.3 Å². The number of fused-ring (bicyclic) bond motifs is 1. The van der Waals surface area contributed by atoms with E-state index in [1.807, 2.05) is 26.4 Å². The van der Waals surface area contributed by atoms with Crippen molar-refractivity contribution in [3.63, 3.8) is 0 Å². The summed E-state index contributed by atoms with van der Waals surface area (Å²) in [5.41, 5.74) is 3.12. The molecule has 2 aromatic heterocycles. The van der Waals surface area contributed by atoms with E-state index in [1.165, 1.54) is 13.1 Å². The van der Waals surface area contributed by atoms with Crippen LogP contribution in [0.15, 0.2) is 36.7 Å². The highest BCUT2D eigenvalue weighted by molar-refractivity contribution is 5.88. The van der Waals surface area contributed by atoms with Crippen molar-refractivity contribution in [3.8, 4) is 11.3 Å². The van der Waals surface area contributed by atoms with Crippen LogP contribution in [0.2, 0.25) is 0 Å². The molecule has 1 saturated carbocycles. The van der Waals surface area contributed by atoms with Crippen molar-refractivity contribution in [2.24, 2.45) is 13.0 Å². The molecule has 3 aromatic rings. The molecule has 0 spiro atoms. The van der Waals surface area contributed by atoms with E-state index in [9.17, 15) is 4.79 Å². The number of piperazine rings is 1. The van der Waals surface area contributed by atoms with Gasteiger partial charge in [-0.1, -0.05) is 12.1 Å². The van der Waals surface area contributed by atoms with Gasteiger partial charge in [0.25, 0.3) is 0 Å². The summed E-state index contributed by atoms with van der Waals surface area (Å²) in [6.45, 7) is 6.67. The Bertz CT molecular complexity index is 1140. The lowest BCUT2D eigenvalue weighted by Gasteiger charge is -2.40. The Morgan fingerprint density at radius 1 is 0.939 bits per heavy atom. The number of hydrogen-bond acceptors (Lipinski definition) is 5. The molecule has 0 N–H and O–H groups in total. The first-order valence-electron chi connectivity index (χ1n) is 12.3. The average Bonchev–Trinajstić information content (AvgIpc) is 3.17. The maximum Gasteiger partial charge on any atom is 0.141 e. The van der Waals surface area contributed by atoms with Gasteiger partial charge >= 0.3 is 0 Å². The van der Waals surface area contributed by atoms with E-state index in [2.05, 4.69) is 55.6 Å². The Hall–Kier alpha value is -2.57. The fourth-order valence-electron chi connectivity index (χ4n) is 5.49. The number of nitrogens with zero attached hydrogens (tertiary/aromatic N) is 5. The highest BCUT2D eigenvalue weighted by Gasteiger charge is 2.30. The van der Waals surface area contributed by atoms with Gasteiger partial charge in [-0.15, -0.1) is 0 Å². The van der Waals surface area contributed by atoms with E-state index in [1.54, 1.807) is 0 Å². The van der Waals surface area contributed by atoms with E-state index in [-0.39, 0.29) is 5.92 Å². The smallest absolute Gasteiger partial charge is 0.141 e. The van der Waals surface area contributed by atoms with Crippen molar-refractivity contribution in [3.05, 3.63) is 48.2 Å². The Kier molecular flexibility index (Phi) is 6.30. The molecule has 0 unspecified atom stereocenters. The fourth-order valence-corrected chi connectivity index (χ4v) is 5.49. The Morgan fingerprint density at radius 2 is 1.70 bits per heavy atom. The number of aromatic nitrogens is 3. The molecule has 6 nitrogen and oxygen atoms in total. The number of carbonyl (C=O) groups excluding carboxylic acids is 1. The second kappa shape index (κ2) is 9.35. The minimum atomic E-state index is 0.190. The van der Waals surface area contributed by atoms with Crippen LogP contribution < -0.4 is 0 Å². The summed E-state index contributed by atoms with van der Waals surface area (Å²) in [7, 11) is 4.24. The van der Waals surface area contributed by atoms with Gasteiger partial charge in [0.1, 0.15) is 11.6 Å². The van der Waals surface area contributed by atoms with Gasteiger partial charge in [-0.2, -0.15) is 0 Å². The molecule has 1 aliphatic heterocycles. The fraction of sp³-hybridized carbons (Fsp3) is 0.519. The molecule has 174 valence electrons. The minimum absolute atomic E-state index is 0.190. The Labute approximate surface area is 196 Å². The molecule has 1 aliphatic carbocycles. The predicted octanol–water partition coefficient (Wildman–Crippen LogP) is 3.86. The second-order valence-electron chi connectivity index (χ2n) is 9.98. The highest BCUT2D eigenvalue weighted by Crippen LogP contribution is 2.30. The van der Waals surface area contributed by atoms with Gasteiger partial charge in [-0.05, 0) is 57.2 Å². The molecule has 1 saturated heterocycles. The van der Waals surface area contributed by atoms with Crippen LogP contribution in [0.3, 0.4) is 0 Å². The van der Waals surface area contributed by atoms with Crippen molar-refractivity contribution >= 4 is 16.6 Å². The number of ketones is 1. The lowest BCUT2D eigenvalue weighted by Crippen LogP contribution is -2.50. The molecule has 0 radical (unpaired) electrons. The van der Waals surface area contributed by atoms with Gasteiger partial charge in [-0.25, -0.2) is 4.98 Å². The molecular formula is C27H35N5O. The zero-order chi connectivity index (χ0) is 22.9. The van der Waals surface area contributed by atoms with Gasteiger partial charge < -0.3 is 9.47 Å². The maximum absolute atomic E-state index is 13.1. The van der Waals surface area contributed by atoms with E-state index in [0.717, 1.165) is 72.3 Å². The summed E-state index contributed by atoms with van der Waals surface area (Å²) in [5.74, 6) is 1.54. The van der Waals surface area contributed by atoms with Crippen LogP contribution in [0, 0.1) is 12.8 Å². The standard InChI is InChI=1S/C27H35N5O/c1-19-28-18-26(31(19)3)21-4-5-22-17-29-24(15-23(22)14-21)16-27(33)20-6-8-25(9-7-20)32-12-10-30(2)11-13-32/h4-5,14-15,17-18,20,25H,6-13,16H2,1-3H3. The molecule has 5 rings (SSSR count). The van der Waals surface area contributed by atoms with Crippen LogP contribution in [-0.2, 0) is 18.3 Å². The van der Waals surface area contributed by atoms with Crippen LogP contribution in [0.1, 0.15) is 37.2 Å². The number of benzene rings is 1. The van der Waals surface area contributed by atoms with Crippen LogP contribution >= 0.6 is 0 Å². The minimum Gasteiger partial charge on any atom is -0.331 e. The lowest BCUT2D eigenvalue weighted by atomic mass is 9.81. The van der Waals surface area contributed by atoms with Gasteiger partial charge in [0, 0.05) is 74.4 Å².